The van der Waals surface area contributed by atoms with E-state index in [0.717, 1.165) is 4.68 Å². The molecule has 0 aliphatic heterocycles. The number of nitrogens with zero attached hydrogens (tertiary/aromatic N) is 3. The molecule has 1 heterocycles. The second-order valence-corrected chi connectivity index (χ2v) is 6.30. The zero-order valence-corrected chi connectivity index (χ0v) is 13.5. The average Bonchev–Trinajstić information content (AvgIpc) is 3.05. The Balaban J connectivity index is 2.15. The molecule has 0 unspecified atom stereocenters. The fourth-order valence-electron chi connectivity index (χ4n) is 1.89. The van der Waals surface area contributed by atoms with Crippen molar-refractivity contribution in [3.63, 3.8) is 0 Å². The number of carbonyl (C=O) groups excluding carboxylic acids is 2. The predicted octanol–water partition coefficient (Wildman–Crippen LogP) is -1.68. The summed E-state index contributed by atoms with van der Waals surface area (Å²) in [6.45, 7) is -0.288. The number of carbonyl (C=O) groups is 2. The Kier molecular flexibility index (Phi) is 5.76. The molecular formula is C12H14N6O6S. The van der Waals surface area contributed by atoms with Crippen LogP contribution < -0.4 is 16.5 Å². The van der Waals surface area contributed by atoms with Crippen molar-refractivity contribution >= 4 is 22.0 Å². The van der Waals surface area contributed by atoms with Gasteiger partial charge in [-0.15, -0.1) is 5.10 Å². The van der Waals surface area contributed by atoms with Crippen molar-refractivity contribution in [1.29, 1.82) is 0 Å². The molecule has 134 valence electrons. The summed E-state index contributed by atoms with van der Waals surface area (Å²) in [4.78, 5) is 31.3. The lowest BCUT2D eigenvalue weighted by Crippen LogP contribution is -2.29. The molecule has 0 aliphatic rings. The van der Waals surface area contributed by atoms with Crippen LogP contribution in [-0.2, 0) is 26.2 Å². The molecule has 12 nitrogen and oxygen atoms in total. The molecule has 0 amide bonds. The monoisotopic (exact) mass is 370 g/mol. The largest absolute Gasteiger partial charge is 0.379 e. The summed E-state index contributed by atoms with van der Waals surface area (Å²) in [5, 5.41) is 7.02. The van der Waals surface area contributed by atoms with Crippen molar-refractivity contribution in [2.75, 3.05) is 6.54 Å². The van der Waals surface area contributed by atoms with Crippen LogP contribution in [0, 0.1) is 0 Å². The summed E-state index contributed by atoms with van der Waals surface area (Å²) in [6.07, 6.45) is 0. The number of hydrogen-bond donors (Lipinski definition) is 3. The van der Waals surface area contributed by atoms with Gasteiger partial charge in [0, 0.05) is 6.54 Å². The maximum atomic E-state index is 12.1. The SMILES string of the molecule is NOC(=O)c1nnn(CCNS(=O)(=O)c2ccccc2)c1C(=O)ON. The zero-order valence-electron chi connectivity index (χ0n) is 12.7. The van der Waals surface area contributed by atoms with Crippen molar-refractivity contribution in [3.8, 4) is 0 Å². The lowest BCUT2D eigenvalue weighted by Gasteiger charge is -2.08. The first kappa shape index (κ1) is 18.5. The molecule has 25 heavy (non-hydrogen) atoms. The van der Waals surface area contributed by atoms with Gasteiger partial charge in [-0.05, 0) is 12.1 Å². The summed E-state index contributed by atoms with van der Waals surface area (Å²) in [7, 11) is -3.75. The van der Waals surface area contributed by atoms with Crippen LogP contribution in [0.4, 0.5) is 0 Å². The lowest BCUT2D eigenvalue weighted by atomic mass is 10.3. The van der Waals surface area contributed by atoms with Crippen LogP contribution in [0.15, 0.2) is 35.2 Å². The molecule has 0 atom stereocenters. The molecule has 5 N–H and O–H groups in total. The van der Waals surface area contributed by atoms with Crippen molar-refractivity contribution < 1.29 is 27.7 Å². The minimum absolute atomic E-state index is 0.0718. The number of hydrogen-bond acceptors (Lipinski definition) is 10. The molecule has 1 aromatic heterocycles. The van der Waals surface area contributed by atoms with E-state index < -0.39 is 33.3 Å². The number of nitrogens with two attached hydrogens (primary N) is 2. The van der Waals surface area contributed by atoms with Crippen LogP contribution in [-0.4, -0.2) is 41.9 Å². The highest BCUT2D eigenvalue weighted by molar-refractivity contribution is 7.89. The van der Waals surface area contributed by atoms with Crippen molar-refractivity contribution in [1.82, 2.24) is 19.7 Å². The highest BCUT2D eigenvalue weighted by atomic mass is 32.2. The second-order valence-electron chi connectivity index (χ2n) is 4.53. The lowest BCUT2D eigenvalue weighted by molar-refractivity contribution is 0.0444. The molecule has 2 rings (SSSR count). The van der Waals surface area contributed by atoms with Crippen molar-refractivity contribution in [2.24, 2.45) is 11.8 Å². The molecule has 0 radical (unpaired) electrons. The van der Waals surface area contributed by atoms with E-state index in [-0.39, 0.29) is 18.0 Å². The maximum Gasteiger partial charge on any atom is 0.379 e. The van der Waals surface area contributed by atoms with E-state index in [4.69, 9.17) is 11.8 Å². The van der Waals surface area contributed by atoms with Gasteiger partial charge in [0.2, 0.25) is 15.7 Å². The van der Waals surface area contributed by atoms with Gasteiger partial charge >= 0.3 is 11.9 Å². The molecule has 0 fully saturated rings. The van der Waals surface area contributed by atoms with E-state index in [1.165, 1.54) is 12.1 Å². The van der Waals surface area contributed by atoms with Gasteiger partial charge in [-0.2, -0.15) is 11.8 Å². The van der Waals surface area contributed by atoms with E-state index in [2.05, 4.69) is 24.7 Å². The zero-order chi connectivity index (χ0) is 18.4. The van der Waals surface area contributed by atoms with Crippen LogP contribution in [0.5, 0.6) is 0 Å². The number of rotatable bonds is 7. The number of nitrogens with one attached hydrogen (secondary N) is 1. The highest BCUT2D eigenvalue weighted by Gasteiger charge is 2.27. The molecular weight excluding hydrogens is 356 g/mol. The number of sulfonamides is 1. The molecule has 0 saturated carbocycles. The van der Waals surface area contributed by atoms with E-state index >= 15 is 0 Å². The Morgan fingerprint density at radius 1 is 1.12 bits per heavy atom. The van der Waals surface area contributed by atoms with Gasteiger partial charge in [0.25, 0.3) is 0 Å². The first-order valence-corrected chi connectivity index (χ1v) is 8.19. The van der Waals surface area contributed by atoms with Crippen LogP contribution in [0.3, 0.4) is 0 Å². The number of benzene rings is 1. The molecule has 13 heteroatoms. The summed E-state index contributed by atoms with van der Waals surface area (Å²) in [5.74, 6) is 7.30. The van der Waals surface area contributed by atoms with Crippen LogP contribution >= 0.6 is 0 Å². The fourth-order valence-corrected chi connectivity index (χ4v) is 2.93. The van der Waals surface area contributed by atoms with Gasteiger partial charge in [-0.1, -0.05) is 23.4 Å². The second kappa shape index (κ2) is 7.80. The van der Waals surface area contributed by atoms with Crippen molar-refractivity contribution in [3.05, 3.63) is 41.7 Å². The summed E-state index contributed by atoms with van der Waals surface area (Å²) in [6, 6.07) is 7.67. The molecule has 2 aromatic rings. The summed E-state index contributed by atoms with van der Waals surface area (Å²) >= 11 is 0. The first-order valence-electron chi connectivity index (χ1n) is 6.71. The summed E-state index contributed by atoms with van der Waals surface area (Å²) < 4.78 is 27.5. The molecule has 0 bridgehead atoms. The van der Waals surface area contributed by atoms with E-state index in [1.54, 1.807) is 18.2 Å². The third-order valence-electron chi connectivity index (χ3n) is 3.01. The smallest absolute Gasteiger partial charge is 0.368 e. The van der Waals surface area contributed by atoms with Crippen LogP contribution in [0.2, 0.25) is 0 Å². The Hall–Kier alpha value is -2.87. The first-order chi connectivity index (χ1) is 11.9. The van der Waals surface area contributed by atoms with Gasteiger partial charge < -0.3 is 9.68 Å². The Morgan fingerprint density at radius 2 is 1.76 bits per heavy atom. The highest BCUT2D eigenvalue weighted by Crippen LogP contribution is 2.09. The molecule has 0 aliphatic carbocycles. The molecule has 0 spiro atoms. The fraction of sp³-hybridized carbons (Fsp3) is 0.167. The van der Waals surface area contributed by atoms with Crippen LogP contribution in [0.1, 0.15) is 21.0 Å². The van der Waals surface area contributed by atoms with Gasteiger partial charge in [0.1, 0.15) is 0 Å². The van der Waals surface area contributed by atoms with E-state index in [1.807, 2.05) is 0 Å². The van der Waals surface area contributed by atoms with E-state index in [9.17, 15) is 18.0 Å². The predicted molar refractivity (Wildman–Crippen MR) is 80.9 cm³/mol. The topological polar surface area (TPSA) is 182 Å². The Labute approximate surface area is 141 Å². The molecule has 0 saturated heterocycles. The van der Waals surface area contributed by atoms with Crippen LogP contribution in [0.25, 0.3) is 0 Å². The molecule has 1 aromatic carbocycles. The maximum absolute atomic E-state index is 12.1. The third-order valence-corrected chi connectivity index (χ3v) is 4.48. The Bertz CT molecular complexity index is 865. The van der Waals surface area contributed by atoms with E-state index in [0.29, 0.717) is 0 Å². The van der Waals surface area contributed by atoms with Gasteiger partial charge in [-0.25, -0.2) is 27.4 Å². The number of aromatic nitrogens is 3. The average molecular weight is 370 g/mol. The summed E-state index contributed by atoms with van der Waals surface area (Å²) in [5.41, 5.74) is -0.930. The standard InChI is InChI=1S/C12H14N6O6S/c13-23-11(19)9-10(12(20)24-14)18(17-16-9)7-6-15-25(21,22)8-4-2-1-3-5-8/h1-5,15H,6-7,13-14H2. The minimum atomic E-state index is -3.75. The quantitative estimate of drug-likeness (QED) is 0.476. The minimum Gasteiger partial charge on any atom is -0.368 e. The third kappa shape index (κ3) is 4.16. The van der Waals surface area contributed by atoms with Gasteiger partial charge in [-0.3, -0.25) is 0 Å². The van der Waals surface area contributed by atoms with Gasteiger partial charge in [0.15, 0.2) is 5.69 Å². The normalized spacial score (nSPS) is 11.1. The van der Waals surface area contributed by atoms with Crippen molar-refractivity contribution in [2.45, 2.75) is 11.4 Å². The Morgan fingerprint density at radius 3 is 2.36 bits per heavy atom. The van der Waals surface area contributed by atoms with Gasteiger partial charge in [0.05, 0.1) is 11.4 Å².